The van der Waals surface area contributed by atoms with E-state index < -0.39 is 0 Å². The molecule has 0 aromatic heterocycles. The minimum atomic E-state index is -0.283. The Morgan fingerprint density at radius 1 is 1.27 bits per heavy atom. The largest absolute Gasteiger partial charge is 0.504 e. The van der Waals surface area contributed by atoms with Gasteiger partial charge in [-0.15, -0.1) is 0 Å². The third kappa shape index (κ3) is 3.83. The van der Waals surface area contributed by atoms with Crippen LogP contribution in [0.4, 0.5) is 0 Å². The van der Waals surface area contributed by atoms with Crippen molar-refractivity contribution in [1.82, 2.24) is 0 Å². The van der Waals surface area contributed by atoms with Crippen LogP contribution >= 0.6 is 39.1 Å². The van der Waals surface area contributed by atoms with Crippen molar-refractivity contribution >= 4 is 51.0 Å². The first-order valence-electron chi connectivity index (χ1n) is 6.16. The van der Waals surface area contributed by atoms with E-state index in [-0.39, 0.29) is 11.5 Å². The van der Waals surface area contributed by atoms with E-state index in [2.05, 4.69) is 15.9 Å². The van der Waals surface area contributed by atoms with Gasteiger partial charge in [-0.2, -0.15) is 0 Å². The molecule has 22 heavy (non-hydrogen) atoms. The molecule has 2 aromatic carbocycles. The van der Waals surface area contributed by atoms with E-state index in [1.165, 1.54) is 25.3 Å². The highest BCUT2D eigenvalue weighted by Crippen LogP contribution is 2.33. The third-order valence-electron chi connectivity index (χ3n) is 2.91. The Morgan fingerprint density at radius 2 is 2.00 bits per heavy atom. The monoisotopic (exact) mass is 400 g/mol. The van der Waals surface area contributed by atoms with Crippen molar-refractivity contribution < 1.29 is 14.6 Å². The van der Waals surface area contributed by atoms with Gasteiger partial charge in [0.25, 0.3) is 0 Å². The number of carbonyl (C=O) groups excluding carboxylic acids is 1. The Hall–Kier alpha value is -1.49. The fourth-order valence-electron chi connectivity index (χ4n) is 1.79. The van der Waals surface area contributed by atoms with Gasteiger partial charge in [0.05, 0.1) is 12.1 Å². The summed E-state index contributed by atoms with van der Waals surface area (Å²) in [6, 6.07) is 7.80. The molecule has 0 unspecified atom stereocenters. The Morgan fingerprint density at radius 3 is 2.68 bits per heavy atom. The van der Waals surface area contributed by atoms with Gasteiger partial charge >= 0.3 is 0 Å². The number of benzene rings is 2. The molecule has 0 aliphatic heterocycles. The zero-order chi connectivity index (χ0) is 16.3. The molecule has 1 N–H and O–H groups in total. The molecule has 0 saturated carbocycles. The topological polar surface area (TPSA) is 46.5 Å². The number of methoxy groups -OCH3 is 1. The lowest BCUT2D eigenvalue weighted by Gasteiger charge is -2.06. The van der Waals surface area contributed by atoms with E-state index in [1.807, 2.05) is 0 Å². The zero-order valence-corrected chi connectivity index (χ0v) is 14.5. The van der Waals surface area contributed by atoms with Gasteiger partial charge in [0.1, 0.15) is 0 Å². The quantitative estimate of drug-likeness (QED) is 0.553. The first kappa shape index (κ1) is 16.9. The number of aromatic hydroxyl groups is 1. The molecule has 0 aliphatic rings. The van der Waals surface area contributed by atoms with Gasteiger partial charge in [-0.25, -0.2) is 0 Å². The number of halogens is 3. The van der Waals surface area contributed by atoms with Crippen LogP contribution in [0.15, 0.2) is 40.9 Å². The van der Waals surface area contributed by atoms with Crippen molar-refractivity contribution in [2.45, 2.75) is 0 Å². The SMILES string of the molecule is COc1cc(Br)c(C=CC(=O)c2cc(Cl)ccc2Cl)cc1O. The molecule has 2 aromatic rings. The van der Waals surface area contributed by atoms with Crippen LogP contribution in [0.1, 0.15) is 15.9 Å². The predicted octanol–water partition coefficient (Wildman–Crippen LogP) is 5.37. The van der Waals surface area contributed by atoms with Gasteiger partial charge < -0.3 is 9.84 Å². The van der Waals surface area contributed by atoms with E-state index in [9.17, 15) is 9.90 Å². The number of carbonyl (C=O) groups is 1. The average Bonchev–Trinajstić information content (AvgIpc) is 2.49. The van der Waals surface area contributed by atoms with Crippen molar-refractivity contribution in [3.8, 4) is 11.5 Å². The fourth-order valence-corrected chi connectivity index (χ4v) is 2.63. The average molecular weight is 402 g/mol. The predicted molar refractivity (Wildman–Crippen MR) is 92.2 cm³/mol. The summed E-state index contributed by atoms with van der Waals surface area (Å²) in [5.74, 6) is 0.0431. The van der Waals surface area contributed by atoms with E-state index in [0.717, 1.165) is 0 Å². The van der Waals surface area contributed by atoms with Gasteiger partial charge in [0, 0.05) is 15.1 Å². The maximum absolute atomic E-state index is 12.2. The lowest BCUT2D eigenvalue weighted by molar-refractivity contribution is 0.104. The fraction of sp³-hybridized carbons (Fsp3) is 0.0625. The molecule has 0 spiro atoms. The molecule has 2 rings (SSSR count). The summed E-state index contributed by atoms with van der Waals surface area (Å²) in [7, 11) is 1.46. The van der Waals surface area contributed by atoms with Gasteiger partial charge in [-0.1, -0.05) is 39.1 Å². The van der Waals surface area contributed by atoms with Crippen LogP contribution in [-0.4, -0.2) is 18.0 Å². The van der Waals surface area contributed by atoms with Crippen LogP contribution < -0.4 is 4.74 Å². The smallest absolute Gasteiger partial charge is 0.187 e. The van der Waals surface area contributed by atoms with Crippen LogP contribution in [0, 0.1) is 0 Å². The number of phenolic OH excluding ortho intramolecular Hbond substituents is 1. The molecule has 6 heteroatoms. The standard InChI is InChI=1S/C16H11BrCl2O3/c1-22-16-8-12(17)9(6-15(16)21)2-5-14(20)11-7-10(18)3-4-13(11)19/h2-8,21H,1H3. The van der Waals surface area contributed by atoms with Crippen LogP contribution in [-0.2, 0) is 0 Å². The second-order valence-electron chi connectivity index (χ2n) is 4.37. The summed E-state index contributed by atoms with van der Waals surface area (Å²) < 4.78 is 5.69. The maximum atomic E-state index is 12.2. The van der Waals surface area contributed by atoms with Gasteiger partial charge in [-0.05, 0) is 48.0 Å². The Kier molecular flexibility index (Phi) is 5.51. The molecule has 0 atom stereocenters. The van der Waals surface area contributed by atoms with E-state index >= 15 is 0 Å². The molecular weight excluding hydrogens is 391 g/mol. The highest BCUT2D eigenvalue weighted by molar-refractivity contribution is 9.10. The van der Waals surface area contributed by atoms with Crippen molar-refractivity contribution in [1.29, 1.82) is 0 Å². The van der Waals surface area contributed by atoms with Crippen LogP contribution in [0.25, 0.3) is 6.08 Å². The Labute approximate surface area is 146 Å². The number of hydrogen-bond donors (Lipinski definition) is 1. The zero-order valence-electron chi connectivity index (χ0n) is 11.4. The minimum Gasteiger partial charge on any atom is -0.504 e. The van der Waals surface area contributed by atoms with Gasteiger partial charge in [0.2, 0.25) is 0 Å². The summed E-state index contributed by atoms with van der Waals surface area (Å²) in [6.45, 7) is 0. The third-order valence-corrected chi connectivity index (χ3v) is 4.16. The molecule has 0 heterocycles. The number of rotatable bonds is 4. The molecule has 0 amide bonds. The number of ether oxygens (including phenoxy) is 1. The van der Waals surface area contributed by atoms with Gasteiger partial charge in [0.15, 0.2) is 17.3 Å². The molecule has 114 valence electrons. The number of allylic oxidation sites excluding steroid dienone is 1. The van der Waals surface area contributed by atoms with Crippen molar-refractivity contribution in [3.05, 3.63) is 62.1 Å². The summed E-state index contributed by atoms with van der Waals surface area (Å²) >= 11 is 15.2. The molecule has 0 fully saturated rings. The van der Waals surface area contributed by atoms with Gasteiger partial charge in [-0.3, -0.25) is 4.79 Å². The molecular formula is C16H11BrCl2O3. The van der Waals surface area contributed by atoms with Crippen molar-refractivity contribution in [3.63, 3.8) is 0 Å². The minimum absolute atomic E-state index is 0.0152. The summed E-state index contributed by atoms with van der Waals surface area (Å²) in [6.07, 6.45) is 2.94. The second-order valence-corrected chi connectivity index (χ2v) is 6.07. The highest BCUT2D eigenvalue weighted by atomic mass is 79.9. The summed E-state index contributed by atoms with van der Waals surface area (Å²) in [5, 5.41) is 10.5. The van der Waals surface area contributed by atoms with E-state index in [4.69, 9.17) is 27.9 Å². The lowest BCUT2D eigenvalue weighted by atomic mass is 10.1. The van der Waals surface area contributed by atoms with Crippen LogP contribution in [0.3, 0.4) is 0 Å². The molecule has 0 aliphatic carbocycles. The van der Waals surface area contributed by atoms with Crippen molar-refractivity contribution in [2.75, 3.05) is 7.11 Å². The molecule has 0 saturated heterocycles. The second kappa shape index (κ2) is 7.18. The molecule has 3 nitrogen and oxygen atoms in total. The molecule has 0 radical (unpaired) electrons. The number of phenols is 1. The molecule has 0 bridgehead atoms. The first-order valence-corrected chi connectivity index (χ1v) is 7.71. The lowest BCUT2D eigenvalue weighted by Crippen LogP contribution is -1.95. The Bertz CT molecular complexity index is 757. The first-order chi connectivity index (χ1) is 10.4. The van der Waals surface area contributed by atoms with E-state index in [0.29, 0.717) is 31.4 Å². The normalized spacial score (nSPS) is 10.9. The number of hydrogen-bond acceptors (Lipinski definition) is 3. The Balaban J connectivity index is 2.30. The van der Waals surface area contributed by atoms with Crippen LogP contribution in [0.5, 0.6) is 11.5 Å². The number of ketones is 1. The summed E-state index contributed by atoms with van der Waals surface area (Å²) in [4.78, 5) is 12.2. The highest BCUT2D eigenvalue weighted by Gasteiger charge is 2.10. The van der Waals surface area contributed by atoms with Crippen LogP contribution in [0.2, 0.25) is 10.0 Å². The maximum Gasteiger partial charge on any atom is 0.187 e. The summed E-state index contributed by atoms with van der Waals surface area (Å²) in [5.41, 5.74) is 0.948. The van der Waals surface area contributed by atoms with E-state index in [1.54, 1.807) is 24.3 Å². The van der Waals surface area contributed by atoms with Crippen molar-refractivity contribution in [2.24, 2.45) is 0 Å².